The molecule has 0 bridgehead atoms. The Kier molecular flexibility index (Phi) is 4.35. The van der Waals surface area contributed by atoms with Crippen molar-refractivity contribution in [3.05, 3.63) is 17.7 Å². The molecule has 20 heavy (non-hydrogen) atoms. The molecule has 0 saturated heterocycles. The number of rotatable bonds is 6. The first-order chi connectivity index (χ1) is 9.55. The second-order valence-electron chi connectivity index (χ2n) is 5.47. The molecule has 0 aromatic heterocycles. The summed E-state index contributed by atoms with van der Waals surface area (Å²) in [6, 6.07) is 5.96. The lowest BCUT2D eigenvalue weighted by Gasteiger charge is -2.16. The first-order valence-electron chi connectivity index (χ1n) is 6.72. The highest BCUT2D eigenvalue weighted by molar-refractivity contribution is 5.51. The smallest absolute Gasteiger partial charge is 0.231 e. The molecule has 1 aromatic carbocycles. The molecule has 0 amide bonds. The van der Waals surface area contributed by atoms with Gasteiger partial charge in [-0.05, 0) is 32.8 Å². The number of ether oxygens (including phenoxy) is 3. The zero-order valence-corrected chi connectivity index (χ0v) is 11.9. The van der Waals surface area contributed by atoms with E-state index in [1.807, 2.05) is 26.0 Å². The first kappa shape index (κ1) is 14.5. The van der Waals surface area contributed by atoms with Crippen LogP contribution < -0.4 is 19.9 Å². The van der Waals surface area contributed by atoms with E-state index in [0.717, 1.165) is 24.2 Å². The summed E-state index contributed by atoms with van der Waals surface area (Å²) in [5.74, 6) is 2.13. The van der Waals surface area contributed by atoms with Crippen LogP contribution in [-0.4, -0.2) is 13.4 Å². The summed E-state index contributed by atoms with van der Waals surface area (Å²) in [5, 5.41) is 8.96. The lowest BCUT2D eigenvalue weighted by Crippen LogP contribution is -2.11. The summed E-state index contributed by atoms with van der Waals surface area (Å²) < 4.78 is 16.4. The van der Waals surface area contributed by atoms with Crippen molar-refractivity contribution in [1.82, 2.24) is 0 Å². The monoisotopic (exact) mass is 276 g/mol. The van der Waals surface area contributed by atoms with Crippen LogP contribution in [0.25, 0.3) is 0 Å². The molecule has 1 aliphatic heterocycles. The Hall–Kier alpha value is -1.93. The average molecular weight is 276 g/mol. The Labute approximate surface area is 119 Å². The quantitative estimate of drug-likeness (QED) is 0.808. The van der Waals surface area contributed by atoms with Crippen LogP contribution in [0.5, 0.6) is 17.2 Å². The van der Waals surface area contributed by atoms with Gasteiger partial charge in [0.2, 0.25) is 6.79 Å². The van der Waals surface area contributed by atoms with E-state index in [0.29, 0.717) is 24.7 Å². The van der Waals surface area contributed by atoms with E-state index in [4.69, 9.17) is 25.2 Å². The van der Waals surface area contributed by atoms with Crippen molar-refractivity contribution in [2.75, 3.05) is 13.4 Å². The van der Waals surface area contributed by atoms with Gasteiger partial charge in [0.15, 0.2) is 11.5 Å². The standard InChI is InChI=1S/C15H20N2O3/c1-15(2,9-17)4-3-5-18-12-7-14-13(19-10-20-14)6-11(12)8-16/h6-7H,3-5,8,10,16H2,1-2H3. The predicted octanol–water partition coefficient (Wildman–Crippen LogP) is 2.58. The fourth-order valence-electron chi connectivity index (χ4n) is 2.01. The molecule has 1 heterocycles. The summed E-state index contributed by atoms with van der Waals surface area (Å²) in [6.45, 7) is 5.03. The molecule has 0 aliphatic carbocycles. The van der Waals surface area contributed by atoms with E-state index in [2.05, 4.69) is 6.07 Å². The molecule has 1 aliphatic rings. The molecule has 0 radical (unpaired) electrons. The fraction of sp³-hybridized carbons (Fsp3) is 0.533. The topological polar surface area (TPSA) is 77.5 Å². The number of nitriles is 1. The Morgan fingerprint density at radius 2 is 2.05 bits per heavy atom. The Morgan fingerprint density at radius 3 is 2.70 bits per heavy atom. The SMILES string of the molecule is CC(C)(C#N)CCCOc1cc2c(cc1CN)OCO2. The third kappa shape index (κ3) is 3.34. The zero-order valence-electron chi connectivity index (χ0n) is 11.9. The van der Waals surface area contributed by atoms with Crippen molar-refractivity contribution in [2.24, 2.45) is 11.1 Å². The fourth-order valence-corrected chi connectivity index (χ4v) is 2.01. The molecule has 2 N–H and O–H groups in total. The summed E-state index contributed by atoms with van der Waals surface area (Å²) in [5.41, 5.74) is 6.31. The van der Waals surface area contributed by atoms with Gasteiger partial charge in [-0.15, -0.1) is 0 Å². The highest BCUT2D eigenvalue weighted by Gasteiger charge is 2.18. The maximum absolute atomic E-state index is 8.96. The zero-order chi connectivity index (χ0) is 14.6. The van der Waals surface area contributed by atoms with Crippen molar-refractivity contribution in [1.29, 1.82) is 5.26 Å². The van der Waals surface area contributed by atoms with Gasteiger partial charge in [0, 0.05) is 18.2 Å². The molecule has 0 fully saturated rings. The minimum Gasteiger partial charge on any atom is -0.493 e. The normalized spacial score (nSPS) is 13.1. The number of nitrogens with zero attached hydrogens (tertiary/aromatic N) is 1. The van der Waals surface area contributed by atoms with E-state index < -0.39 is 0 Å². The number of hydrogen-bond donors (Lipinski definition) is 1. The van der Waals surface area contributed by atoms with Gasteiger partial charge in [0.1, 0.15) is 5.75 Å². The first-order valence-corrected chi connectivity index (χ1v) is 6.72. The van der Waals surface area contributed by atoms with Crippen LogP contribution in [-0.2, 0) is 6.54 Å². The second kappa shape index (κ2) is 6.02. The van der Waals surface area contributed by atoms with E-state index in [1.165, 1.54) is 0 Å². The average Bonchev–Trinajstić information content (AvgIpc) is 2.89. The highest BCUT2D eigenvalue weighted by atomic mass is 16.7. The minimum atomic E-state index is -0.311. The summed E-state index contributed by atoms with van der Waals surface area (Å²) >= 11 is 0. The predicted molar refractivity (Wildman–Crippen MR) is 74.6 cm³/mol. The molecule has 0 unspecified atom stereocenters. The van der Waals surface area contributed by atoms with Gasteiger partial charge in [-0.2, -0.15) is 5.26 Å². The maximum atomic E-state index is 8.96. The Bertz CT molecular complexity index is 521. The van der Waals surface area contributed by atoms with Crippen molar-refractivity contribution >= 4 is 0 Å². The van der Waals surface area contributed by atoms with Crippen LogP contribution in [0.3, 0.4) is 0 Å². The van der Waals surface area contributed by atoms with E-state index in [9.17, 15) is 0 Å². The van der Waals surface area contributed by atoms with E-state index in [-0.39, 0.29) is 12.2 Å². The van der Waals surface area contributed by atoms with Crippen molar-refractivity contribution in [3.8, 4) is 23.3 Å². The number of fused-ring (bicyclic) bond motifs is 1. The van der Waals surface area contributed by atoms with Gasteiger partial charge in [-0.3, -0.25) is 0 Å². The van der Waals surface area contributed by atoms with Gasteiger partial charge in [-0.25, -0.2) is 0 Å². The molecule has 5 heteroatoms. The van der Waals surface area contributed by atoms with E-state index in [1.54, 1.807) is 0 Å². The summed E-state index contributed by atoms with van der Waals surface area (Å²) in [6.07, 6.45) is 1.62. The molecule has 108 valence electrons. The maximum Gasteiger partial charge on any atom is 0.231 e. The van der Waals surface area contributed by atoms with Crippen LogP contribution in [0.4, 0.5) is 0 Å². The van der Waals surface area contributed by atoms with Crippen LogP contribution >= 0.6 is 0 Å². The van der Waals surface area contributed by atoms with E-state index >= 15 is 0 Å². The van der Waals surface area contributed by atoms with Gasteiger partial charge in [0.25, 0.3) is 0 Å². The molecule has 2 rings (SSSR count). The van der Waals surface area contributed by atoms with Gasteiger partial charge < -0.3 is 19.9 Å². The molecule has 0 spiro atoms. The van der Waals surface area contributed by atoms with Gasteiger partial charge in [-0.1, -0.05) is 0 Å². The number of hydrogen-bond acceptors (Lipinski definition) is 5. The second-order valence-corrected chi connectivity index (χ2v) is 5.47. The molecule has 5 nitrogen and oxygen atoms in total. The van der Waals surface area contributed by atoms with Crippen LogP contribution in [0, 0.1) is 16.7 Å². The molecule has 0 saturated carbocycles. The third-order valence-electron chi connectivity index (χ3n) is 3.28. The van der Waals surface area contributed by atoms with Crippen molar-refractivity contribution in [3.63, 3.8) is 0 Å². The van der Waals surface area contributed by atoms with Crippen LogP contribution in [0.2, 0.25) is 0 Å². The third-order valence-corrected chi connectivity index (χ3v) is 3.28. The van der Waals surface area contributed by atoms with Crippen LogP contribution in [0.15, 0.2) is 12.1 Å². The lowest BCUT2D eigenvalue weighted by atomic mass is 9.90. The molecular weight excluding hydrogens is 256 g/mol. The summed E-state index contributed by atoms with van der Waals surface area (Å²) in [4.78, 5) is 0. The van der Waals surface area contributed by atoms with Crippen molar-refractivity contribution < 1.29 is 14.2 Å². The molecular formula is C15H20N2O3. The largest absolute Gasteiger partial charge is 0.493 e. The number of benzene rings is 1. The van der Waals surface area contributed by atoms with Crippen molar-refractivity contribution in [2.45, 2.75) is 33.2 Å². The van der Waals surface area contributed by atoms with Gasteiger partial charge in [0.05, 0.1) is 18.1 Å². The number of nitrogens with two attached hydrogens (primary N) is 1. The highest BCUT2D eigenvalue weighted by Crippen LogP contribution is 2.38. The summed E-state index contributed by atoms with van der Waals surface area (Å²) in [7, 11) is 0. The Balaban J connectivity index is 1.95. The minimum absolute atomic E-state index is 0.235. The van der Waals surface area contributed by atoms with Crippen LogP contribution in [0.1, 0.15) is 32.3 Å². The molecule has 1 aromatic rings. The van der Waals surface area contributed by atoms with Gasteiger partial charge >= 0.3 is 0 Å². The Morgan fingerprint density at radius 1 is 1.35 bits per heavy atom. The molecule has 0 atom stereocenters. The lowest BCUT2D eigenvalue weighted by molar-refractivity contribution is 0.173.